The molecule has 3 rings (SSSR count). The van der Waals surface area contributed by atoms with E-state index in [0.29, 0.717) is 5.69 Å². The molecule has 3 aromatic rings. The van der Waals surface area contributed by atoms with Gasteiger partial charge in [-0.25, -0.2) is 9.67 Å². The Labute approximate surface area is 119 Å². The van der Waals surface area contributed by atoms with Crippen molar-refractivity contribution in [3.8, 4) is 5.69 Å². The van der Waals surface area contributed by atoms with Gasteiger partial charge >= 0.3 is 0 Å². The molecule has 1 amide bonds. The van der Waals surface area contributed by atoms with E-state index in [1.165, 1.54) is 11.3 Å². The van der Waals surface area contributed by atoms with E-state index in [9.17, 15) is 4.79 Å². The molecule has 6 heteroatoms. The highest BCUT2D eigenvalue weighted by Gasteiger charge is 2.11. The lowest BCUT2D eigenvalue weighted by Crippen LogP contribution is -2.12. The van der Waals surface area contributed by atoms with Gasteiger partial charge in [0.1, 0.15) is 5.00 Å². The summed E-state index contributed by atoms with van der Waals surface area (Å²) in [5.41, 5.74) is 1.29. The van der Waals surface area contributed by atoms with Gasteiger partial charge in [-0.2, -0.15) is 5.10 Å². The van der Waals surface area contributed by atoms with Gasteiger partial charge in [0.2, 0.25) is 0 Å². The summed E-state index contributed by atoms with van der Waals surface area (Å²) in [5.74, 6) is -0.233. The predicted molar refractivity (Wildman–Crippen MR) is 78.4 cm³/mol. The molecule has 1 aromatic carbocycles. The van der Waals surface area contributed by atoms with Crippen molar-refractivity contribution in [2.75, 3.05) is 5.32 Å². The number of rotatable bonds is 3. The van der Waals surface area contributed by atoms with Crippen LogP contribution in [0.3, 0.4) is 0 Å². The van der Waals surface area contributed by atoms with Crippen LogP contribution in [0.2, 0.25) is 0 Å². The lowest BCUT2D eigenvalue weighted by molar-refractivity contribution is 0.102. The number of thiazole rings is 1. The number of aromatic nitrogens is 3. The number of benzene rings is 1. The van der Waals surface area contributed by atoms with Crippen molar-refractivity contribution in [2.24, 2.45) is 0 Å². The van der Waals surface area contributed by atoms with Crippen LogP contribution in [0.4, 0.5) is 5.00 Å². The Bertz CT molecular complexity index is 732. The van der Waals surface area contributed by atoms with E-state index >= 15 is 0 Å². The van der Waals surface area contributed by atoms with E-state index in [2.05, 4.69) is 15.4 Å². The van der Waals surface area contributed by atoms with E-state index in [-0.39, 0.29) is 5.91 Å². The molecule has 0 aliphatic heterocycles. The van der Waals surface area contributed by atoms with Crippen molar-refractivity contribution in [1.29, 1.82) is 0 Å². The van der Waals surface area contributed by atoms with Crippen LogP contribution in [0.15, 0.2) is 48.8 Å². The van der Waals surface area contributed by atoms with Gasteiger partial charge in [0.15, 0.2) is 5.69 Å². The molecule has 0 aliphatic rings. The Kier molecular flexibility index (Phi) is 3.30. The van der Waals surface area contributed by atoms with Gasteiger partial charge in [-0.3, -0.25) is 4.79 Å². The lowest BCUT2D eigenvalue weighted by atomic mass is 10.3. The monoisotopic (exact) mass is 284 g/mol. The fourth-order valence-corrected chi connectivity index (χ4v) is 2.44. The fourth-order valence-electron chi connectivity index (χ4n) is 1.76. The zero-order chi connectivity index (χ0) is 13.9. The highest BCUT2D eigenvalue weighted by molar-refractivity contribution is 7.15. The zero-order valence-electron chi connectivity index (χ0n) is 10.8. The van der Waals surface area contributed by atoms with Crippen molar-refractivity contribution in [3.05, 3.63) is 59.5 Å². The van der Waals surface area contributed by atoms with Crippen molar-refractivity contribution < 1.29 is 4.79 Å². The summed E-state index contributed by atoms with van der Waals surface area (Å²) in [6, 6.07) is 11.3. The smallest absolute Gasteiger partial charge is 0.276 e. The molecule has 2 heterocycles. The first-order valence-corrected chi connectivity index (χ1v) is 6.89. The molecule has 0 unspecified atom stereocenters. The summed E-state index contributed by atoms with van der Waals surface area (Å²) in [7, 11) is 0. The third-order valence-corrected chi connectivity index (χ3v) is 3.53. The summed E-state index contributed by atoms with van der Waals surface area (Å²) < 4.78 is 1.67. The first kappa shape index (κ1) is 12.6. The van der Waals surface area contributed by atoms with Crippen LogP contribution in [0.5, 0.6) is 0 Å². The van der Waals surface area contributed by atoms with E-state index in [4.69, 9.17) is 0 Å². The van der Waals surface area contributed by atoms with Gasteiger partial charge in [0.25, 0.3) is 5.91 Å². The molecular weight excluding hydrogens is 272 g/mol. The quantitative estimate of drug-likeness (QED) is 0.804. The first-order valence-electron chi connectivity index (χ1n) is 6.07. The van der Waals surface area contributed by atoms with Crippen molar-refractivity contribution in [1.82, 2.24) is 14.8 Å². The Morgan fingerprint density at radius 3 is 2.75 bits per heavy atom. The molecule has 0 spiro atoms. The van der Waals surface area contributed by atoms with Gasteiger partial charge in [0, 0.05) is 6.20 Å². The third-order valence-electron chi connectivity index (χ3n) is 2.70. The number of nitrogens with one attached hydrogen (secondary N) is 1. The normalized spacial score (nSPS) is 10.4. The SMILES string of the molecule is Cc1ncc(NC(=O)c2ccn(-c3ccccc3)n2)s1. The molecule has 0 fully saturated rings. The Hall–Kier alpha value is -2.47. The van der Waals surface area contributed by atoms with Crippen LogP contribution in [0.1, 0.15) is 15.5 Å². The lowest BCUT2D eigenvalue weighted by Gasteiger charge is -2.00. The minimum atomic E-state index is -0.233. The van der Waals surface area contributed by atoms with Gasteiger partial charge < -0.3 is 5.32 Å². The molecule has 0 bridgehead atoms. The Morgan fingerprint density at radius 1 is 1.25 bits per heavy atom. The molecule has 0 saturated carbocycles. The number of aryl methyl sites for hydroxylation is 1. The van der Waals surface area contributed by atoms with Crippen LogP contribution in [-0.4, -0.2) is 20.7 Å². The number of anilines is 1. The van der Waals surface area contributed by atoms with Gasteiger partial charge in [0.05, 0.1) is 16.9 Å². The van der Waals surface area contributed by atoms with Gasteiger partial charge in [-0.1, -0.05) is 18.2 Å². The number of nitrogens with zero attached hydrogens (tertiary/aromatic N) is 3. The molecule has 2 aromatic heterocycles. The predicted octanol–water partition coefficient (Wildman–Crippen LogP) is 2.89. The second-order valence-electron chi connectivity index (χ2n) is 4.18. The minimum absolute atomic E-state index is 0.233. The minimum Gasteiger partial charge on any atom is -0.311 e. The van der Waals surface area contributed by atoms with Crippen LogP contribution in [0, 0.1) is 6.92 Å². The van der Waals surface area contributed by atoms with Crippen molar-refractivity contribution >= 4 is 22.2 Å². The molecule has 0 saturated heterocycles. The Morgan fingerprint density at radius 2 is 2.05 bits per heavy atom. The Balaban J connectivity index is 1.78. The zero-order valence-corrected chi connectivity index (χ0v) is 11.6. The standard InChI is InChI=1S/C14H12N4OS/c1-10-15-9-13(20-10)16-14(19)12-7-8-18(17-12)11-5-3-2-4-6-11/h2-9H,1H3,(H,16,19). The average molecular weight is 284 g/mol. The second kappa shape index (κ2) is 5.26. The summed E-state index contributed by atoms with van der Waals surface area (Å²) >= 11 is 1.44. The summed E-state index contributed by atoms with van der Waals surface area (Å²) in [6.45, 7) is 1.89. The largest absolute Gasteiger partial charge is 0.311 e. The van der Waals surface area contributed by atoms with Gasteiger partial charge in [-0.15, -0.1) is 11.3 Å². The topological polar surface area (TPSA) is 59.8 Å². The number of amides is 1. The van der Waals surface area contributed by atoms with Crippen molar-refractivity contribution in [3.63, 3.8) is 0 Å². The second-order valence-corrected chi connectivity index (χ2v) is 5.41. The molecule has 0 atom stereocenters. The van der Waals surface area contributed by atoms with Gasteiger partial charge in [-0.05, 0) is 25.1 Å². The van der Waals surface area contributed by atoms with Crippen LogP contribution in [-0.2, 0) is 0 Å². The molecule has 20 heavy (non-hydrogen) atoms. The molecule has 0 aliphatic carbocycles. The highest BCUT2D eigenvalue weighted by atomic mass is 32.1. The van der Waals surface area contributed by atoms with E-state index in [1.54, 1.807) is 23.1 Å². The van der Waals surface area contributed by atoms with Crippen molar-refractivity contribution in [2.45, 2.75) is 6.92 Å². The molecule has 0 radical (unpaired) electrons. The number of hydrogen-bond donors (Lipinski definition) is 1. The maximum Gasteiger partial charge on any atom is 0.276 e. The number of hydrogen-bond acceptors (Lipinski definition) is 4. The number of para-hydroxylation sites is 1. The molecule has 1 N–H and O–H groups in total. The van der Waals surface area contributed by atoms with E-state index in [1.807, 2.05) is 37.3 Å². The average Bonchev–Trinajstić information content (AvgIpc) is 3.09. The maximum atomic E-state index is 12.1. The summed E-state index contributed by atoms with van der Waals surface area (Å²) in [4.78, 5) is 16.2. The number of carbonyl (C=O) groups is 1. The van der Waals surface area contributed by atoms with E-state index in [0.717, 1.165) is 15.7 Å². The summed E-state index contributed by atoms with van der Waals surface area (Å²) in [5, 5.41) is 8.69. The highest BCUT2D eigenvalue weighted by Crippen LogP contribution is 2.18. The van der Waals surface area contributed by atoms with Crippen LogP contribution < -0.4 is 5.32 Å². The maximum absolute atomic E-state index is 12.1. The number of carbonyl (C=O) groups excluding carboxylic acids is 1. The summed E-state index contributed by atoms with van der Waals surface area (Å²) in [6.07, 6.45) is 3.41. The molecular formula is C14H12N4OS. The first-order chi connectivity index (χ1) is 9.72. The fraction of sp³-hybridized carbons (Fsp3) is 0.0714. The molecule has 100 valence electrons. The van der Waals surface area contributed by atoms with E-state index < -0.39 is 0 Å². The van der Waals surface area contributed by atoms with Crippen LogP contribution in [0.25, 0.3) is 5.69 Å². The van der Waals surface area contributed by atoms with Crippen LogP contribution >= 0.6 is 11.3 Å². The third kappa shape index (κ3) is 2.60. The molecule has 5 nitrogen and oxygen atoms in total.